The lowest BCUT2D eigenvalue weighted by atomic mass is 10.0. The van der Waals surface area contributed by atoms with E-state index in [4.69, 9.17) is 16.3 Å². The van der Waals surface area contributed by atoms with E-state index in [2.05, 4.69) is 5.16 Å². The fourth-order valence-electron chi connectivity index (χ4n) is 2.68. The molecule has 0 aliphatic rings. The van der Waals surface area contributed by atoms with Crippen molar-refractivity contribution in [3.8, 4) is 16.2 Å². The van der Waals surface area contributed by atoms with E-state index in [9.17, 15) is 15.1 Å². The summed E-state index contributed by atoms with van der Waals surface area (Å²) in [6, 6.07) is 16.1. The van der Waals surface area contributed by atoms with Gasteiger partial charge in [0.25, 0.3) is 0 Å². The van der Waals surface area contributed by atoms with Crippen molar-refractivity contribution in [2.45, 2.75) is 6.42 Å². The smallest absolute Gasteiger partial charge is 0.307 e. The molecule has 2 N–H and O–H groups in total. The van der Waals surface area contributed by atoms with Crippen LogP contribution < -0.4 is 4.74 Å². The number of oxime groups is 1. The molecule has 0 fully saturated rings. The molecule has 3 rings (SSSR count). The first kappa shape index (κ1) is 18.9. The zero-order valence-corrected chi connectivity index (χ0v) is 15.9. The fourth-order valence-corrected chi connectivity index (χ4v) is 4.00. The first-order chi connectivity index (χ1) is 13.0. The number of thiophene rings is 1. The minimum atomic E-state index is -0.929. The van der Waals surface area contributed by atoms with E-state index in [1.54, 1.807) is 49.6 Å². The Morgan fingerprint density at radius 2 is 1.81 bits per heavy atom. The molecule has 0 aliphatic carbocycles. The summed E-state index contributed by atoms with van der Waals surface area (Å²) in [6.45, 7) is 0. The Balaban J connectivity index is 2.06. The lowest BCUT2D eigenvalue weighted by Crippen LogP contribution is -2.02. The van der Waals surface area contributed by atoms with E-state index >= 15 is 0 Å². The predicted octanol–water partition coefficient (Wildman–Crippen LogP) is 4.93. The molecule has 7 heteroatoms. The van der Waals surface area contributed by atoms with Gasteiger partial charge in [0.1, 0.15) is 11.5 Å². The normalized spacial score (nSPS) is 11.4. The van der Waals surface area contributed by atoms with Gasteiger partial charge < -0.3 is 15.1 Å². The van der Waals surface area contributed by atoms with Crippen LogP contribution in [0, 0.1) is 0 Å². The van der Waals surface area contributed by atoms with Crippen LogP contribution >= 0.6 is 22.9 Å². The number of methoxy groups -OCH3 is 1. The third-order valence-corrected chi connectivity index (χ3v) is 5.44. The largest absolute Gasteiger partial charge is 0.497 e. The molecule has 0 atom stereocenters. The number of carboxylic acids is 1. The van der Waals surface area contributed by atoms with Gasteiger partial charge in [-0.05, 0) is 53.6 Å². The maximum absolute atomic E-state index is 11.3. The zero-order chi connectivity index (χ0) is 19.4. The monoisotopic (exact) mass is 401 g/mol. The average Bonchev–Trinajstić information content (AvgIpc) is 3.06. The van der Waals surface area contributed by atoms with Gasteiger partial charge in [0.2, 0.25) is 0 Å². The van der Waals surface area contributed by atoms with E-state index < -0.39 is 5.97 Å². The van der Waals surface area contributed by atoms with Crippen LogP contribution in [0.15, 0.2) is 59.8 Å². The Kier molecular flexibility index (Phi) is 5.78. The van der Waals surface area contributed by atoms with Gasteiger partial charge in [-0.2, -0.15) is 0 Å². The molecule has 2 aromatic carbocycles. The first-order valence-corrected chi connectivity index (χ1v) is 9.18. The summed E-state index contributed by atoms with van der Waals surface area (Å²) in [6.07, 6.45) is -0.129. The molecule has 0 bridgehead atoms. The fraction of sp³-hybridized carbons (Fsp3) is 0.100. The molecule has 1 aromatic heterocycles. The predicted molar refractivity (Wildman–Crippen MR) is 107 cm³/mol. The Morgan fingerprint density at radius 3 is 2.37 bits per heavy atom. The topological polar surface area (TPSA) is 79.1 Å². The number of hydrogen-bond donors (Lipinski definition) is 2. The molecule has 0 radical (unpaired) electrons. The van der Waals surface area contributed by atoms with Crippen molar-refractivity contribution in [2.75, 3.05) is 7.11 Å². The summed E-state index contributed by atoms with van der Waals surface area (Å²) in [5.41, 5.74) is 2.58. The lowest BCUT2D eigenvalue weighted by Gasteiger charge is -2.04. The number of carbonyl (C=O) groups is 1. The van der Waals surface area contributed by atoms with Gasteiger partial charge in [-0.3, -0.25) is 4.79 Å². The average molecular weight is 402 g/mol. The van der Waals surface area contributed by atoms with Crippen molar-refractivity contribution in [1.29, 1.82) is 0 Å². The molecule has 5 nitrogen and oxygen atoms in total. The van der Waals surface area contributed by atoms with Crippen molar-refractivity contribution in [3.05, 3.63) is 75.6 Å². The van der Waals surface area contributed by atoms with Crippen molar-refractivity contribution in [3.63, 3.8) is 0 Å². The van der Waals surface area contributed by atoms with Crippen molar-refractivity contribution in [2.24, 2.45) is 5.16 Å². The summed E-state index contributed by atoms with van der Waals surface area (Å²) in [4.78, 5) is 12.8. The van der Waals surface area contributed by atoms with Gasteiger partial charge in [0.05, 0.1) is 18.4 Å². The molecule has 0 unspecified atom stereocenters. The third kappa shape index (κ3) is 4.30. The summed E-state index contributed by atoms with van der Waals surface area (Å²) < 4.78 is 5.15. The molecular formula is C20H16ClNO4S. The van der Waals surface area contributed by atoms with Crippen molar-refractivity contribution in [1.82, 2.24) is 0 Å². The molecule has 3 aromatic rings. The Hall–Kier alpha value is -2.83. The number of benzene rings is 2. The molecule has 0 saturated carbocycles. The van der Waals surface area contributed by atoms with E-state index in [-0.39, 0.29) is 6.42 Å². The highest BCUT2D eigenvalue weighted by Crippen LogP contribution is 2.35. The number of halogens is 1. The minimum Gasteiger partial charge on any atom is -0.497 e. The quantitative estimate of drug-likeness (QED) is 0.348. The van der Waals surface area contributed by atoms with Gasteiger partial charge in [0.15, 0.2) is 0 Å². The standard InChI is InChI=1S/C20H16ClNO4S/c1-26-16-8-4-12(5-9-16)19(22-25)17-10-14(11-18(23)24)20(27-17)13-2-6-15(21)7-3-13/h2-10,25H,11H2,1H3,(H,23,24). The van der Waals surface area contributed by atoms with Crippen LogP contribution in [0.25, 0.3) is 10.4 Å². The molecule has 138 valence electrons. The molecule has 0 saturated heterocycles. The van der Waals surface area contributed by atoms with Crippen LogP contribution in [0.3, 0.4) is 0 Å². The second kappa shape index (κ2) is 8.24. The van der Waals surface area contributed by atoms with Gasteiger partial charge in [-0.1, -0.05) is 28.9 Å². The summed E-state index contributed by atoms with van der Waals surface area (Å²) in [7, 11) is 1.58. The zero-order valence-electron chi connectivity index (χ0n) is 14.3. The Morgan fingerprint density at radius 1 is 1.15 bits per heavy atom. The van der Waals surface area contributed by atoms with Crippen LogP contribution in [0.4, 0.5) is 0 Å². The van der Waals surface area contributed by atoms with Crippen molar-refractivity contribution < 1.29 is 19.8 Å². The van der Waals surface area contributed by atoms with Crippen LogP contribution in [0.1, 0.15) is 16.0 Å². The summed E-state index contributed by atoms with van der Waals surface area (Å²) >= 11 is 7.32. The number of carboxylic acid groups (broad SMARTS) is 1. The second-order valence-electron chi connectivity index (χ2n) is 5.72. The highest BCUT2D eigenvalue weighted by Gasteiger charge is 2.18. The van der Waals surface area contributed by atoms with E-state index in [0.29, 0.717) is 32.5 Å². The number of ether oxygens (including phenoxy) is 1. The molecule has 1 heterocycles. The molecule has 27 heavy (non-hydrogen) atoms. The maximum Gasteiger partial charge on any atom is 0.307 e. The van der Waals surface area contributed by atoms with E-state index in [1.165, 1.54) is 11.3 Å². The molecule has 0 amide bonds. The SMILES string of the molecule is COc1ccc(C(=NO)c2cc(CC(=O)O)c(-c3ccc(Cl)cc3)s2)cc1. The summed E-state index contributed by atoms with van der Waals surface area (Å²) in [5.74, 6) is -0.239. The highest BCUT2D eigenvalue weighted by atomic mass is 35.5. The maximum atomic E-state index is 11.3. The highest BCUT2D eigenvalue weighted by molar-refractivity contribution is 7.17. The van der Waals surface area contributed by atoms with Gasteiger partial charge in [-0.15, -0.1) is 11.3 Å². The number of nitrogens with zero attached hydrogens (tertiary/aromatic N) is 1. The van der Waals surface area contributed by atoms with Crippen LogP contribution in [0.5, 0.6) is 5.75 Å². The van der Waals surface area contributed by atoms with Crippen LogP contribution in [0.2, 0.25) is 5.02 Å². The minimum absolute atomic E-state index is 0.129. The Bertz CT molecular complexity index is 978. The molecule has 0 aliphatic heterocycles. The Labute approximate surface area is 165 Å². The number of rotatable bonds is 6. The van der Waals surface area contributed by atoms with E-state index in [0.717, 1.165) is 10.4 Å². The molecule has 0 spiro atoms. The van der Waals surface area contributed by atoms with Gasteiger partial charge in [0, 0.05) is 15.5 Å². The van der Waals surface area contributed by atoms with Crippen molar-refractivity contribution >= 4 is 34.6 Å². The molecular weight excluding hydrogens is 386 g/mol. The number of hydrogen-bond acceptors (Lipinski definition) is 5. The van der Waals surface area contributed by atoms with Gasteiger partial charge in [-0.25, -0.2) is 0 Å². The van der Waals surface area contributed by atoms with Crippen LogP contribution in [-0.4, -0.2) is 29.1 Å². The third-order valence-electron chi connectivity index (χ3n) is 3.95. The number of aliphatic carboxylic acids is 1. The lowest BCUT2D eigenvalue weighted by molar-refractivity contribution is -0.136. The summed E-state index contributed by atoms with van der Waals surface area (Å²) in [5, 5.41) is 22.9. The first-order valence-electron chi connectivity index (χ1n) is 7.99. The van der Waals surface area contributed by atoms with Gasteiger partial charge >= 0.3 is 5.97 Å². The second-order valence-corrected chi connectivity index (χ2v) is 7.21. The van der Waals surface area contributed by atoms with Crippen LogP contribution in [-0.2, 0) is 11.2 Å². The van der Waals surface area contributed by atoms with E-state index in [1.807, 2.05) is 12.1 Å².